The van der Waals surface area contributed by atoms with E-state index < -0.39 is 5.97 Å². The van der Waals surface area contributed by atoms with Crippen LogP contribution < -0.4 is 10.1 Å². The number of nitrogens with one attached hydrogen (secondary N) is 1. The molecule has 0 spiro atoms. The van der Waals surface area contributed by atoms with Crippen LogP contribution in [0, 0.1) is 17.4 Å². The quantitative estimate of drug-likeness (QED) is 0.264. The van der Waals surface area contributed by atoms with Crippen LogP contribution in [-0.2, 0) is 14.3 Å². The van der Waals surface area contributed by atoms with E-state index in [1.165, 1.54) is 11.8 Å². The lowest BCUT2D eigenvalue weighted by atomic mass is 10.1. The summed E-state index contributed by atoms with van der Waals surface area (Å²) in [6, 6.07) is 9.43. The van der Waals surface area contributed by atoms with Crippen LogP contribution in [0.4, 0.5) is 5.69 Å². The Hall–Kier alpha value is -1.85. The summed E-state index contributed by atoms with van der Waals surface area (Å²) in [5.41, 5.74) is 3.82. The molecule has 2 aromatic carbocycles. The topological polar surface area (TPSA) is 77.0 Å². The number of rotatable bonds is 6. The molecule has 1 aliphatic heterocycles. The summed E-state index contributed by atoms with van der Waals surface area (Å²) in [7, 11) is 0. The number of carbonyl (C=O) groups excluding carboxylic acids is 2. The second kappa shape index (κ2) is 10.6. The minimum absolute atomic E-state index is 0.142. The summed E-state index contributed by atoms with van der Waals surface area (Å²) < 4.78 is 12.2. The van der Waals surface area contributed by atoms with Crippen LogP contribution in [0.3, 0.4) is 0 Å². The Morgan fingerprint density at radius 3 is 2.61 bits per heavy atom. The molecular formula is C22H20BrIN2O4S. The van der Waals surface area contributed by atoms with E-state index in [0.29, 0.717) is 22.4 Å². The third-order valence-electron chi connectivity index (χ3n) is 4.21. The number of ether oxygens (including phenoxy) is 2. The van der Waals surface area contributed by atoms with Crippen molar-refractivity contribution in [3.63, 3.8) is 0 Å². The Balaban J connectivity index is 1.73. The molecular weight excluding hydrogens is 595 g/mol. The van der Waals surface area contributed by atoms with E-state index >= 15 is 0 Å². The molecule has 31 heavy (non-hydrogen) atoms. The van der Waals surface area contributed by atoms with Gasteiger partial charge in [-0.05, 0) is 102 Å². The van der Waals surface area contributed by atoms with Gasteiger partial charge in [0.25, 0.3) is 5.91 Å². The van der Waals surface area contributed by atoms with E-state index in [1.54, 1.807) is 19.1 Å². The number of amidine groups is 1. The highest BCUT2D eigenvalue weighted by atomic mass is 127. The van der Waals surface area contributed by atoms with E-state index in [4.69, 9.17) is 9.47 Å². The zero-order valence-electron chi connectivity index (χ0n) is 17.1. The van der Waals surface area contributed by atoms with Gasteiger partial charge in [0.15, 0.2) is 11.8 Å². The SMILES string of the molecule is CCOC(=O)COc1ccc(/C=C2\SC(=Nc3cc(C)c(Br)c(C)c3)NC2=O)cc1I. The maximum Gasteiger partial charge on any atom is 0.344 e. The Bertz CT molecular complexity index is 1080. The minimum atomic E-state index is -0.411. The number of amides is 1. The van der Waals surface area contributed by atoms with Gasteiger partial charge in [0.05, 0.1) is 20.8 Å². The Morgan fingerprint density at radius 2 is 1.97 bits per heavy atom. The molecule has 162 valence electrons. The maximum atomic E-state index is 12.4. The Labute approximate surface area is 207 Å². The standard InChI is InChI=1S/C22H20BrIN2O4S/c1-4-29-19(27)11-30-17-6-5-14(9-16(17)24)10-18-21(28)26-22(31-18)25-15-7-12(2)20(23)13(3)8-15/h5-10H,4,11H2,1-3H3,(H,25,26,28)/b18-10-. The van der Waals surface area contributed by atoms with Gasteiger partial charge in [-0.3, -0.25) is 4.79 Å². The van der Waals surface area contributed by atoms with Crippen LogP contribution >= 0.6 is 50.3 Å². The fraction of sp³-hybridized carbons (Fsp3) is 0.227. The second-order valence-electron chi connectivity index (χ2n) is 6.66. The highest BCUT2D eigenvalue weighted by molar-refractivity contribution is 14.1. The maximum absolute atomic E-state index is 12.4. The number of carbonyl (C=O) groups is 2. The summed E-state index contributed by atoms with van der Waals surface area (Å²) >= 11 is 6.98. The molecule has 1 heterocycles. The average molecular weight is 615 g/mol. The lowest BCUT2D eigenvalue weighted by Crippen LogP contribution is -2.19. The summed E-state index contributed by atoms with van der Waals surface area (Å²) in [6.07, 6.45) is 1.80. The van der Waals surface area contributed by atoms with E-state index in [1.807, 2.05) is 38.1 Å². The van der Waals surface area contributed by atoms with Gasteiger partial charge in [0, 0.05) is 4.47 Å². The second-order valence-corrected chi connectivity index (χ2v) is 9.64. The molecule has 0 aromatic heterocycles. The summed E-state index contributed by atoms with van der Waals surface area (Å²) in [4.78, 5) is 29.0. The van der Waals surface area contributed by atoms with Crippen molar-refractivity contribution in [2.45, 2.75) is 20.8 Å². The molecule has 0 saturated carbocycles. The number of halogens is 2. The van der Waals surface area contributed by atoms with Crippen molar-refractivity contribution < 1.29 is 19.1 Å². The predicted molar refractivity (Wildman–Crippen MR) is 136 cm³/mol. The molecule has 3 rings (SSSR count). The van der Waals surface area contributed by atoms with Crippen LogP contribution in [0.25, 0.3) is 6.08 Å². The predicted octanol–water partition coefficient (Wildman–Crippen LogP) is 5.50. The highest BCUT2D eigenvalue weighted by Gasteiger charge is 2.24. The molecule has 1 saturated heterocycles. The van der Waals surface area contributed by atoms with E-state index in [2.05, 4.69) is 48.8 Å². The lowest BCUT2D eigenvalue weighted by Gasteiger charge is -2.08. The first-order chi connectivity index (χ1) is 14.8. The van der Waals surface area contributed by atoms with Crippen LogP contribution in [0.15, 0.2) is 44.7 Å². The third kappa shape index (κ3) is 6.33. The molecule has 1 fully saturated rings. The lowest BCUT2D eigenvalue weighted by molar-refractivity contribution is -0.145. The van der Waals surface area contributed by atoms with Gasteiger partial charge in [0.1, 0.15) is 5.75 Å². The smallest absolute Gasteiger partial charge is 0.344 e. The van der Waals surface area contributed by atoms with E-state index in [9.17, 15) is 9.59 Å². The summed E-state index contributed by atoms with van der Waals surface area (Å²) in [5, 5.41) is 3.36. The Morgan fingerprint density at radius 1 is 1.26 bits per heavy atom. The molecule has 1 amide bonds. The van der Waals surface area contributed by atoms with Gasteiger partial charge >= 0.3 is 5.97 Å². The van der Waals surface area contributed by atoms with Crippen molar-refractivity contribution in [3.05, 3.63) is 60.0 Å². The molecule has 1 aliphatic rings. The number of benzene rings is 2. The third-order valence-corrected chi connectivity index (χ3v) is 7.21. The van der Waals surface area contributed by atoms with Crippen LogP contribution in [-0.4, -0.2) is 30.3 Å². The first-order valence-electron chi connectivity index (χ1n) is 9.41. The molecule has 6 nitrogen and oxygen atoms in total. The van der Waals surface area contributed by atoms with Crippen molar-refractivity contribution in [2.24, 2.45) is 4.99 Å². The van der Waals surface area contributed by atoms with Crippen molar-refractivity contribution in [3.8, 4) is 5.75 Å². The molecule has 9 heteroatoms. The molecule has 2 aromatic rings. The van der Waals surface area contributed by atoms with E-state index in [-0.39, 0.29) is 12.5 Å². The fourth-order valence-electron chi connectivity index (χ4n) is 2.80. The number of nitrogens with zero attached hydrogens (tertiary/aromatic N) is 1. The van der Waals surface area contributed by atoms with Crippen LogP contribution in [0.5, 0.6) is 5.75 Å². The average Bonchev–Trinajstić information content (AvgIpc) is 3.04. The normalized spacial score (nSPS) is 16.0. The van der Waals surface area contributed by atoms with Gasteiger partial charge in [-0.2, -0.15) is 0 Å². The number of aliphatic imine (C=N–C) groups is 1. The molecule has 0 aliphatic carbocycles. The van der Waals surface area contributed by atoms with Crippen LogP contribution in [0.1, 0.15) is 23.6 Å². The van der Waals surface area contributed by atoms with Crippen molar-refractivity contribution in [1.82, 2.24) is 5.32 Å². The first-order valence-corrected chi connectivity index (χ1v) is 12.1. The largest absolute Gasteiger partial charge is 0.481 e. The summed E-state index contributed by atoms with van der Waals surface area (Å²) in [6.45, 7) is 5.94. The highest BCUT2D eigenvalue weighted by Crippen LogP contribution is 2.32. The molecule has 0 radical (unpaired) electrons. The van der Waals surface area contributed by atoms with Crippen molar-refractivity contribution in [2.75, 3.05) is 13.2 Å². The Kier molecular flexibility index (Phi) is 8.17. The zero-order valence-corrected chi connectivity index (χ0v) is 21.7. The van der Waals surface area contributed by atoms with Crippen molar-refractivity contribution >= 4 is 79.1 Å². The molecule has 0 atom stereocenters. The minimum Gasteiger partial charge on any atom is -0.481 e. The number of hydrogen-bond acceptors (Lipinski definition) is 6. The molecule has 1 N–H and O–H groups in total. The van der Waals surface area contributed by atoms with Gasteiger partial charge in [-0.15, -0.1) is 0 Å². The number of esters is 1. The summed E-state index contributed by atoms with van der Waals surface area (Å²) in [5.74, 6) is -0.0130. The molecule has 0 unspecified atom stereocenters. The van der Waals surface area contributed by atoms with Gasteiger partial charge < -0.3 is 14.8 Å². The zero-order chi connectivity index (χ0) is 22.5. The van der Waals surface area contributed by atoms with Crippen LogP contribution in [0.2, 0.25) is 0 Å². The van der Waals surface area contributed by atoms with Crippen molar-refractivity contribution in [1.29, 1.82) is 0 Å². The van der Waals surface area contributed by atoms with Gasteiger partial charge in [-0.1, -0.05) is 22.0 Å². The molecule has 0 bridgehead atoms. The fourth-order valence-corrected chi connectivity index (χ4v) is 4.57. The van der Waals surface area contributed by atoms with Gasteiger partial charge in [-0.25, -0.2) is 9.79 Å². The first kappa shape index (κ1) is 23.8. The monoisotopic (exact) mass is 614 g/mol. The van der Waals surface area contributed by atoms with E-state index in [0.717, 1.165) is 30.4 Å². The number of aryl methyl sites for hydroxylation is 2. The number of hydrogen-bond donors (Lipinski definition) is 1. The van der Waals surface area contributed by atoms with Gasteiger partial charge in [0.2, 0.25) is 0 Å². The number of thioether (sulfide) groups is 1.